The molecule has 0 fully saturated rings. The molecule has 12 heteroatoms. The SMILES string of the molecule is C[C@H](CCNC(=N)N)NCc1ccc(-n2cc3cc(-c4cc(CCC[C@@H](N)CO)cc(Cl)c4F)[nH]c3nc2=O)cc1. The number of aromatic amines is 1. The van der Waals surface area contributed by atoms with Gasteiger partial charge in [-0.1, -0.05) is 23.7 Å². The van der Waals surface area contributed by atoms with Gasteiger partial charge in [-0.25, -0.2) is 9.18 Å². The molecule has 4 aromatic rings. The van der Waals surface area contributed by atoms with Crippen LogP contribution in [0.25, 0.3) is 28.0 Å². The predicted octanol–water partition coefficient (Wildman–Crippen LogP) is 3.17. The van der Waals surface area contributed by atoms with E-state index in [2.05, 4.69) is 27.5 Å². The minimum absolute atomic E-state index is 0.00634. The highest BCUT2D eigenvalue weighted by molar-refractivity contribution is 6.31. The Labute approximate surface area is 242 Å². The van der Waals surface area contributed by atoms with E-state index in [1.807, 2.05) is 24.3 Å². The Kier molecular flexibility index (Phi) is 10.1. The highest BCUT2D eigenvalue weighted by Crippen LogP contribution is 2.31. The average molecular weight is 583 g/mol. The van der Waals surface area contributed by atoms with Crippen molar-refractivity contribution in [3.05, 3.63) is 81.1 Å². The molecule has 218 valence electrons. The molecule has 0 radical (unpaired) electrons. The van der Waals surface area contributed by atoms with Gasteiger partial charge in [0.25, 0.3) is 0 Å². The average Bonchev–Trinajstić information content (AvgIpc) is 3.35. The number of benzene rings is 2. The van der Waals surface area contributed by atoms with Crippen molar-refractivity contribution in [2.24, 2.45) is 11.5 Å². The van der Waals surface area contributed by atoms with E-state index in [1.165, 1.54) is 4.57 Å². The number of aliphatic hydroxyl groups is 1. The number of fused-ring (bicyclic) bond motifs is 1. The van der Waals surface area contributed by atoms with E-state index < -0.39 is 11.5 Å². The number of hydrogen-bond donors (Lipinski definition) is 7. The molecule has 2 aromatic heterocycles. The van der Waals surface area contributed by atoms with Gasteiger partial charge in [0.15, 0.2) is 11.8 Å². The lowest BCUT2D eigenvalue weighted by atomic mass is 10.0. The first kappa shape index (κ1) is 30.2. The molecule has 0 bridgehead atoms. The van der Waals surface area contributed by atoms with Crippen LogP contribution in [0.1, 0.15) is 37.3 Å². The summed E-state index contributed by atoms with van der Waals surface area (Å²) in [5.74, 6) is -0.595. The van der Waals surface area contributed by atoms with Crippen LogP contribution >= 0.6 is 11.6 Å². The van der Waals surface area contributed by atoms with E-state index in [-0.39, 0.29) is 29.7 Å². The molecular weight excluding hydrogens is 547 g/mol. The van der Waals surface area contributed by atoms with Crippen molar-refractivity contribution >= 4 is 28.6 Å². The van der Waals surface area contributed by atoms with Crippen LogP contribution in [0, 0.1) is 11.2 Å². The summed E-state index contributed by atoms with van der Waals surface area (Å²) < 4.78 is 16.5. The van der Waals surface area contributed by atoms with Crippen molar-refractivity contribution in [3.8, 4) is 16.9 Å². The summed E-state index contributed by atoms with van der Waals surface area (Å²) in [6.07, 6.45) is 4.49. The molecule has 2 atom stereocenters. The number of aliphatic hydroxyl groups excluding tert-OH is 1. The molecule has 0 spiro atoms. The first-order valence-electron chi connectivity index (χ1n) is 13.5. The summed E-state index contributed by atoms with van der Waals surface area (Å²) in [7, 11) is 0. The molecule has 10 nitrogen and oxygen atoms in total. The Hall–Kier alpha value is -3.77. The van der Waals surface area contributed by atoms with Crippen LogP contribution in [0.4, 0.5) is 4.39 Å². The molecular formula is C29H36ClFN8O2. The fourth-order valence-electron chi connectivity index (χ4n) is 4.56. The van der Waals surface area contributed by atoms with Gasteiger partial charge in [-0.05, 0) is 74.1 Å². The third kappa shape index (κ3) is 7.92. The molecule has 0 amide bonds. The number of halogens is 2. The maximum atomic E-state index is 15.1. The zero-order valence-corrected chi connectivity index (χ0v) is 23.6. The quantitative estimate of drug-likeness (QED) is 0.0937. The fraction of sp³-hybridized carbons (Fsp3) is 0.345. The van der Waals surface area contributed by atoms with Crippen molar-refractivity contribution < 1.29 is 9.50 Å². The fourth-order valence-corrected chi connectivity index (χ4v) is 4.80. The monoisotopic (exact) mass is 582 g/mol. The number of aryl methyl sites for hydroxylation is 1. The van der Waals surface area contributed by atoms with Gasteiger partial charge in [0.2, 0.25) is 0 Å². The van der Waals surface area contributed by atoms with Crippen molar-refractivity contribution in [2.75, 3.05) is 13.2 Å². The maximum Gasteiger partial charge on any atom is 0.354 e. The largest absolute Gasteiger partial charge is 0.395 e. The van der Waals surface area contributed by atoms with Crippen molar-refractivity contribution in [1.82, 2.24) is 25.2 Å². The van der Waals surface area contributed by atoms with Gasteiger partial charge in [-0.15, -0.1) is 0 Å². The molecule has 0 unspecified atom stereocenters. The Morgan fingerprint density at radius 1 is 1.22 bits per heavy atom. The number of nitrogens with two attached hydrogens (primary N) is 2. The number of H-pyrrole nitrogens is 1. The van der Waals surface area contributed by atoms with Crippen LogP contribution < -0.4 is 27.8 Å². The second kappa shape index (κ2) is 13.7. The zero-order valence-electron chi connectivity index (χ0n) is 22.9. The molecule has 0 saturated heterocycles. The third-order valence-electron chi connectivity index (χ3n) is 6.92. The molecule has 0 aliphatic rings. The van der Waals surface area contributed by atoms with E-state index in [0.29, 0.717) is 53.9 Å². The smallest absolute Gasteiger partial charge is 0.354 e. The van der Waals surface area contributed by atoms with Gasteiger partial charge in [-0.3, -0.25) is 9.98 Å². The van der Waals surface area contributed by atoms with Gasteiger partial charge in [-0.2, -0.15) is 4.98 Å². The van der Waals surface area contributed by atoms with Crippen LogP contribution in [-0.2, 0) is 13.0 Å². The summed E-state index contributed by atoms with van der Waals surface area (Å²) in [5.41, 5.74) is 14.3. The number of nitrogens with zero attached hydrogens (tertiary/aromatic N) is 2. The topological polar surface area (TPSA) is 171 Å². The van der Waals surface area contributed by atoms with Crippen molar-refractivity contribution in [2.45, 2.75) is 51.2 Å². The van der Waals surface area contributed by atoms with Crippen LogP contribution in [-0.4, -0.2) is 50.8 Å². The van der Waals surface area contributed by atoms with E-state index >= 15 is 4.39 Å². The maximum absolute atomic E-state index is 15.1. The highest BCUT2D eigenvalue weighted by atomic mass is 35.5. The lowest BCUT2D eigenvalue weighted by Gasteiger charge is -2.14. The summed E-state index contributed by atoms with van der Waals surface area (Å²) in [6, 6.07) is 12.6. The molecule has 41 heavy (non-hydrogen) atoms. The summed E-state index contributed by atoms with van der Waals surface area (Å²) >= 11 is 6.21. The standard InChI is InChI=1S/C29H36ClFN8O2/c1-17(9-10-35-28(33)34)36-14-18-5-7-22(8-6-18)39-15-20-13-25(37-27(20)38-29(39)41)23-11-19(12-24(30)26(23)31)3-2-4-21(32)16-40/h5-8,11-13,15,17,21,36,40H,2-4,9-10,14,16,32H2,1H3,(H4,33,34,35)(H,37,38,41)/t17-,21-/m1/s1. The van der Waals surface area contributed by atoms with Crippen molar-refractivity contribution in [3.63, 3.8) is 0 Å². The van der Waals surface area contributed by atoms with E-state index in [9.17, 15) is 4.79 Å². The second-order valence-corrected chi connectivity index (χ2v) is 10.6. The summed E-state index contributed by atoms with van der Waals surface area (Å²) in [5, 5.41) is 23.2. The molecule has 0 aliphatic carbocycles. The molecule has 4 rings (SSSR count). The predicted molar refractivity (Wildman–Crippen MR) is 161 cm³/mol. The molecule has 2 heterocycles. The number of rotatable bonds is 13. The number of aromatic nitrogens is 3. The van der Waals surface area contributed by atoms with Crippen molar-refractivity contribution in [1.29, 1.82) is 5.41 Å². The normalized spacial score (nSPS) is 12.9. The van der Waals surface area contributed by atoms with Gasteiger partial charge in [0.1, 0.15) is 5.65 Å². The Morgan fingerprint density at radius 2 is 1.98 bits per heavy atom. The Balaban J connectivity index is 1.50. The third-order valence-corrected chi connectivity index (χ3v) is 7.20. The minimum atomic E-state index is -0.558. The summed E-state index contributed by atoms with van der Waals surface area (Å²) in [4.78, 5) is 20.1. The van der Waals surface area contributed by atoms with E-state index in [0.717, 1.165) is 24.0 Å². The first-order valence-corrected chi connectivity index (χ1v) is 13.9. The second-order valence-electron chi connectivity index (χ2n) is 10.2. The number of nitrogens with one attached hydrogen (secondary N) is 4. The van der Waals surface area contributed by atoms with Gasteiger partial charge in [0, 0.05) is 42.3 Å². The molecule has 0 saturated carbocycles. The van der Waals surface area contributed by atoms with Crippen LogP contribution in [0.15, 0.2) is 53.5 Å². The molecule has 9 N–H and O–H groups in total. The zero-order chi connectivity index (χ0) is 29.5. The lowest BCUT2D eigenvalue weighted by molar-refractivity contribution is 0.258. The number of hydrogen-bond acceptors (Lipinski definition) is 6. The Bertz CT molecular complexity index is 1550. The van der Waals surface area contributed by atoms with Gasteiger partial charge in [0.05, 0.1) is 23.0 Å². The summed E-state index contributed by atoms with van der Waals surface area (Å²) in [6.45, 7) is 3.25. The minimum Gasteiger partial charge on any atom is -0.395 e. The van der Waals surface area contributed by atoms with Gasteiger partial charge < -0.3 is 32.2 Å². The number of guanidine groups is 1. The molecule has 2 aromatic carbocycles. The molecule has 0 aliphatic heterocycles. The van der Waals surface area contributed by atoms with Crippen LogP contribution in [0.5, 0.6) is 0 Å². The Morgan fingerprint density at radius 3 is 2.68 bits per heavy atom. The first-order chi connectivity index (χ1) is 19.6. The van der Waals surface area contributed by atoms with Gasteiger partial charge >= 0.3 is 5.69 Å². The lowest BCUT2D eigenvalue weighted by Crippen LogP contribution is -2.35. The van der Waals surface area contributed by atoms with E-state index in [4.69, 9.17) is 33.6 Å². The van der Waals surface area contributed by atoms with E-state index in [1.54, 1.807) is 24.4 Å². The highest BCUT2D eigenvalue weighted by Gasteiger charge is 2.16. The van der Waals surface area contributed by atoms with Crippen LogP contribution in [0.3, 0.4) is 0 Å². The van der Waals surface area contributed by atoms with Crippen LogP contribution in [0.2, 0.25) is 5.02 Å².